The zero-order valence-corrected chi connectivity index (χ0v) is 23.4. The summed E-state index contributed by atoms with van der Waals surface area (Å²) < 4.78 is 65.9. The van der Waals surface area contributed by atoms with Gasteiger partial charge in [-0.05, 0) is 50.2 Å². The molecule has 0 fully saturated rings. The van der Waals surface area contributed by atoms with Crippen molar-refractivity contribution in [3.63, 3.8) is 0 Å². The van der Waals surface area contributed by atoms with E-state index in [1.807, 2.05) is 0 Å². The maximum atomic E-state index is 13.4. The minimum absolute atomic E-state index is 0.0897. The van der Waals surface area contributed by atoms with E-state index >= 15 is 0 Å². The summed E-state index contributed by atoms with van der Waals surface area (Å²) in [6.07, 6.45) is 1.44. The summed E-state index contributed by atoms with van der Waals surface area (Å²) in [4.78, 5) is 36.9. The number of Topliss-reactive ketones (excluding diaryl/α,β-unsaturated/α-hetero) is 1. The molecule has 0 saturated carbocycles. The summed E-state index contributed by atoms with van der Waals surface area (Å²) in [6.45, 7) is 2.12. The van der Waals surface area contributed by atoms with Crippen LogP contribution in [0.5, 0.6) is 0 Å². The van der Waals surface area contributed by atoms with Gasteiger partial charge in [0, 0.05) is 17.7 Å². The van der Waals surface area contributed by atoms with Crippen molar-refractivity contribution in [2.24, 2.45) is 5.14 Å². The van der Waals surface area contributed by atoms with Gasteiger partial charge in [-0.25, -0.2) is 31.9 Å². The number of hydrogen-bond donors (Lipinski definition) is 3. The molecule has 0 bridgehead atoms. The van der Waals surface area contributed by atoms with Crippen molar-refractivity contribution in [1.29, 1.82) is 0 Å². The fraction of sp³-hybridized carbons (Fsp3) is 0.269. The van der Waals surface area contributed by atoms with Gasteiger partial charge in [0.25, 0.3) is 0 Å². The predicted molar refractivity (Wildman–Crippen MR) is 143 cm³/mol. The molecule has 2 aromatic carbocycles. The van der Waals surface area contributed by atoms with Crippen molar-refractivity contribution < 1.29 is 45.5 Å². The lowest BCUT2D eigenvalue weighted by molar-refractivity contribution is -0.147. The first-order valence-electron chi connectivity index (χ1n) is 12.0. The molecule has 1 unspecified atom stereocenters. The van der Waals surface area contributed by atoms with E-state index in [0.29, 0.717) is 11.8 Å². The second-order valence-electron chi connectivity index (χ2n) is 8.88. The van der Waals surface area contributed by atoms with Crippen molar-refractivity contribution in [3.05, 3.63) is 82.3 Å². The SMILES string of the molecule is CC(COC(=O)COC(=O)c1cc(S(N)(=O)=O)c(Cl)cc1NCc1ccco1)N[C@@H](C)C(=O)c1cc(F)cc(F)c1. The summed E-state index contributed by atoms with van der Waals surface area (Å²) in [5.41, 5.74) is -0.342. The van der Waals surface area contributed by atoms with Crippen LogP contribution in [0, 0.1) is 11.6 Å². The van der Waals surface area contributed by atoms with Crippen molar-refractivity contribution in [2.75, 3.05) is 18.5 Å². The van der Waals surface area contributed by atoms with E-state index in [9.17, 15) is 31.6 Å². The molecule has 0 spiro atoms. The van der Waals surface area contributed by atoms with Gasteiger partial charge in [-0.3, -0.25) is 4.79 Å². The summed E-state index contributed by atoms with van der Waals surface area (Å²) in [6, 6.07) is 6.43. The molecule has 15 heteroatoms. The highest BCUT2D eigenvalue weighted by molar-refractivity contribution is 7.89. The van der Waals surface area contributed by atoms with Crippen LogP contribution in [0.1, 0.15) is 40.3 Å². The van der Waals surface area contributed by atoms with Crippen LogP contribution in [0.3, 0.4) is 0 Å². The van der Waals surface area contributed by atoms with Gasteiger partial charge in [-0.1, -0.05) is 11.6 Å². The number of halogens is 3. The van der Waals surface area contributed by atoms with Crippen LogP contribution < -0.4 is 15.8 Å². The molecule has 220 valence electrons. The Morgan fingerprint density at radius 1 is 1.07 bits per heavy atom. The molecule has 0 aliphatic heterocycles. The number of nitrogens with two attached hydrogens (primary N) is 1. The van der Waals surface area contributed by atoms with Gasteiger partial charge in [0.15, 0.2) is 12.4 Å². The maximum absolute atomic E-state index is 13.4. The van der Waals surface area contributed by atoms with E-state index < -0.39 is 63.0 Å². The smallest absolute Gasteiger partial charge is 0.344 e. The fourth-order valence-electron chi connectivity index (χ4n) is 3.64. The lowest BCUT2D eigenvalue weighted by Crippen LogP contribution is -2.42. The van der Waals surface area contributed by atoms with Crippen LogP contribution in [0.15, 0.2) is 58.0 Å². The van der Waals surface area contributed by atoms with Gasteiger partial charge in [-0.15, -0.1) is 0 Å². The summed E-state index contributed by atoms with van der Waals surface area (Å²) in [5.74, 6) is -3.87. The number of carbonyl (C=O) groups excluding carboxylic acids is 3. The summed E-state index contributed by atoms with van der Waals surface area (Å²) in [5, 5.41) is 10.7. The Balaban J connectivity index is 1.58. The number of carbonyl (C=O) groups is 3. The first-order valence-corrected chi connectivity index (χ1v) is 13.9. The van der Waals surface area contributed by atoms with Gasteiger partial charge in [0.05, 0.1) is 35.1 Å². The van der Waals surface area contributed by atoms with Crippen LogP contribution in [0.4, 0.5) is 14.5 Å². The second kappa shape index (κ2) is 13.7. The van der Waals surface area contributed by atoms with E-state index in [0.717, 1.165) is 18.2 Å². The van der Waals surface area contributed by atoms with Crippen LogP contribution in [-0.4, -0.2) is 51.4 Å². The van der Waals surface area contributed by atoms with Gasteiger partial charge < -0.3 is 24.5 Å². The molecule has 0 amide bonds. The van der Waals surface area contributed by atoms with Crippen molar-refractivity contribution in [1.82, 2.24) is 5.32 Å². The highest BCUT2D eigenvalue weighted by Gasteiger charge is 2.23. The molecule has 0 saturated heterocycles. The van der Waals surface area contributed by atoms with Crippen LogP contribution in [0.2, 0.25) is 5.02 Å². The topological polar surface area (TPSA) is 167 Å². The molecule has 41 heavy (non-hydrogen) atoms. The average molecular weight is 614 g/mol. The molecule has 1 aromatic heterocycles. The third kappa shape index (κ3) is 9.08. The Morgan fingerprint density at radius 2 is 1.76 bits per heavy atom. The zero-order chi connectivity index (χ0) is 30.3. The lowest BCUT2D eigenvalue weighted by Gasteiger charge is -2.19. The number of rotatable bonds is 13. The van der Waals surface area contributed by atoms with E-state index in [4.69, 9.17) is 30.6 Å². The largest absolute Gasteiger partial charge is 0.467 e. The Bertz CT molecular complexity index is 1510. The Kier molecular flexibility index (Phi) is 10.6. The minimum Gasteiger partial charge on any atom is -0.467 e. The molecule has 3 rings (SSSR count). The van der Waals surface area contributed by atoms with Gasteiger partial charge >= 0.3 is 11.9 Å². The van der Waals surface area contributed by atoms with E-state index in [1.165, 1.54) is 19.3 Å². The number of primary sulfonamides is 1. The molecule has 11 nitrogen and oxygen atoms in total. The monoisotopic (exact) mass is 613 g/mol. The molecular weight excluding hydrogens is 588 g/mol. The average Bonchev–Trinajstić information content (AvgIpc) is 3.41. The number of benzene rings is 2. The normalized spacial score (nSPS) is 12.8. The van der Waals surface area contributed by atoms with Crippen LogP contribution in [-0.2, 0) is 30.8 Å². The summed E-state index contributed by atoms with van der Waals surface area (Å²) >= 11 is 6.04. The molecular formula is C26H26ClF2N3O8S. The van der Waals surface area contributed by atoms with Gasteiger partial charge in [-0.2, -0.15) is 0 Å². The molecule has 0 radical (unpaired) electrons. The van der Waals surface area contributed by atoms with Crippen LogP contribution >= 0.6 is 11.6 Å². The van der Waals surface area contributed by atoms with Crippen LogP contribution in [0.25, 0.3) is 0 Å². The van der Waals surface area contributed by atoms with Crippen molar-refractivity contribution in [2.45, 2.75) is 37.4 Å². The van der Waals surface area contributed by atoms with E-state index in [-0.39, 0.29) is 35.0 Å². The number of esters is 2. The predicted octanol–water partition coefficient (Wildman–Crippen LogP) is 3.42. The molecule has 2 atom stereocenters. The fourth-order valence-corrected chi connectivity index (χ4v) is 4.74. The number of hydrogen-bond acceptors (Lipinski definition) is 10. The Hall–Kier alpha value is -3.85. The van der Waals surface area contributed by atoms with Gasteiger partial charge in [0.2, 0.25) is 10.0 Å². The molecule has 0 aliphatic carbocycles. The van der Waals surface area contributed by atoms with E-state index in [2.05, 4.69) is 10.6 Å². The number of furan rings is 1. The molecule has 0 aliphatic rings. The lowest BCUT2D eigenvalue weighted by atomic mass is 10.0. The second-order valence-corrected chi connectivity index (χ2v) is 10.8. The number of anilines is 1. The molecule has 4 N–H and O–H groups in total. The first kappa shape index (κ1) is 31.7. The van der Waals surface area contributed by atoms with Gasteiger partial charge in [0.1, 0.15) is 28.9 Å². The number of ether oxygens (including phenoxy) is 2. The highest BCUT2D eigenvalue weighted by atomic mass is 35.5. The third-order valence-electron chi connectivity index (χ3n) is 5.52. The van der Waals surface area contributed by atoms with Crippen molar-refractivity contribution >= 4 is 45.0 Å². The third-order valence-corrected chi connectivity index (χ3v) is 6.90. The number of nitrogens with one attached hydrogen (secondary N) is 2. The summed E-state index contributed by atoms with van der Waals surface area (Å²) in [7, 11) is -4.30. The molecule has 1 heterocycles. The quantitative estimate of drug-likeness (QED) is 0.192. The van der Waals surface area contributed by atoms with Crippen molar-refractivity contribution in [3.8, 4) is 0 Å². The number of sulfonamides is 1. The Labute approximate surface area is 239 Å². The Morgan fingerprint density at radius 3 is 2.37 bits per heavy atom. The molecule has 3 aromatic rings. The standard InChI is InChI=1S/C26H26ClF2N3O8S/c1-14(32-15(2)25(34)16-6-17(28)8-18(29)7-16)12-39-24(33)13-40-26(35)20-9-23(41(30,36)37)21(27)10-22(20)31-11-19-4-3-5-38-19/h3-10,14-15,31-32H,11-13H2,1-2H3,(H2,30,36,37)/t14?,15-/m0/s1. The highest BCUT2D eigenvalue weighted by Crippen LogP contribution is 2.29. The maximum Gasteiger partial charge on any atom is 0.344 e. The minimum atomic E-state index is -4.30. The zero-order valence-electron chi connectivity index (χ0n) is 21.8. The first-order chi connectivity index (χ1) is 19.2. The van der Waals surface area contributed by atoms with E-state index in [1.54, 1.807) is 19.1 Å². The number of ketones is 1.